The van der Waals surface area contributed by atoms with E-state index < -0.39 is 27.5 Å². The van der Waals surface area contributed by atoms with Crippen LogP contribution >= 0.6 is 0 Å². The highest BCUT2D eigenvalue weighted by Gasteiger charge is 2.28. The Morgan fingerprint density at radius 3 is 2.81 bits per heavy atom. The molecule has 0 unspecified atom stereocenters. The van der Waals surface area contributed by atoms with Crippen LogP contribution in [-0.4, -0.2) is 57.0 Å². The Kier molecular flexibility index (Phi) is 5.58. The Morgan fingerprint density at radius 2 is 2.10 bits per heavy atom. The summed E-state index contributed by atoms with van der Waals surface area (Å²) in [5, 5.41) is 5.22. The van der Waals surface area contributed by atoms with E-state index in [1.165, 1.54) is 0 Å². The Labute approximate surface area is 124 Å². The first-order valence-electron chi connectivity index (χ1n) is 7.35. The summed E-state index contributed by atoms with van der Waals surface area (Å²) in [7, 11) is -3.51. The van der Waals surface area contributed by atoms with E-state index in [4.69, 9.17) is 4.74 Å². The van der Waals surface area contributed by atoms with Gasteiger partial charge in [0, 0.05) is 13.2 Å². The minimum absolute atomic E-state index is 0.128. The molecule has 0 saturated carbocycles. The van der Waals surface area contributed by atoms with E-state index in [-0.39, 0.29) is 17.8 Å². The van der Waals surface area contributed by atoms with Gasteiger partial charge in [-0.25, -0.2) is 8.42 Å². The minimum atomic E-state index is -3.51. The Morgan fingerprint density at radius 1 is 1.29 bits per heavy atom. The summed E-state index contributed by atoms with van der Waals surface area (Å²) in [6.07, 6.45) is 3.51. The molecule has 2 fully saturated rings. The highest BCUT2D eigenvalue weighted by Crippen LogP contribution is 2.14. The van der Waals surface area contributed by atoms with Crippen molar-refractivity contribution in [3.05, 3.63) is 0 Å². The lowest BCUT2D eigenvalue weighted by molar-refractivity contribution is -0.127. The Hall–Kier alpha value is -1.15. The first-order chi connectivity index (χ1) is 9.96. The van der Waals surface area contributed by atoms with Crippen molar-refractivity contribution in [3.8, 4) is 0 Å². The fourth-order valence-corrected chi connectivity index (χ4v) is 4.06. The van der Waals surface area contributed by atoms with Gasteiger partial charge in [0.1, 0.15) is 11.8 Å². The van der Waals surface area contributed by atoms with Crippen molar-refractivity contribution >= 4 is 21.7 Å². The number of carbonyl (C=O) groups is 2. The van der Waals surface area contributed by atoms with Gasteiger partial charge in [0.2, 0.25) is 11.8 Å². The number of sulfone groups is 1. The van der Waals surface area contributed by atoms with E-state index in [2.05, 4.69) is 10.6 Å². The van der Waals surface area contributed by atoms with Crippen molar-refractivity contribution in [2.24, 2.45) is 0 Å². The molecule has 2 N–H and O–H groups in total. The van der Waals surface area contributed by atoms with Crippen molar-refractivity contribution < 1.29 is 22.7 Å². The summed E-state index contributed by atoms with van der Waals surface area (Å²) in [6, 6.07) is -0.627. The summed E-state index contributed by atoms with van der Waals surface area (Å²) in [6.45, 7) is 1.18. The number of amides is 2. The predicted octanol–water partition coefficient (Wildman–Crippen LogP) is -0.635. The smallest absolute Gasteiger partial charge is 0.242 e. The van der Waals surface area contributed by atoms with Gasteiger partial charge < -0.3 is 15.4 Å². The van der Waals surface area contributed by atoms with Crippen LogP contribution < -0.4 is 10.6 Å². The van der Waals surface area contributed by atoms with Crippen LogP contribution in [0.5, 0.6) is 0 Å². The number of carbonyl (C=O) groups excluding carboxylic acids is 2. The van der Waals surface area contributed by atoms with Gasteiger partial charge >= 0.3 is 0 Å². The Bertz CT molecular complexity index is 485. The zero-order valence-corrected chi connectivity index (χ0v) is 12.8. The molecule has 2 amide bonds. The minimum Gasteiger partial charge on any atom is -0.377 e. The van der Waals surface area contributed by atoms with Gasteiger partial charge in [-0.15, -0.1) is 0 Å². The van der Waals surface area contributed by atoms with Crippen LogP contribution in [0.3, 0.4) is 0 Å². The van der Waals surface area contributed by atoms with Crippen LogP contribution in [0.2, 0.25) is 0 Å². The lowest BCUT2D eigenvalue weighted by atomic mass is 10.1. The Balaban J connectivity index is 1.83. The second-order valence-electron chi connectivity index (χ2n) is 5.60. The van der Waals surface area contributed by atoms with Crippen molar-refractivity contribution in [2.75, 3.05) is 24.7 Å². The molecule has 0 bridgehead atoms. The molecule has 0 spiro atoms. The molecule has 0 aliphatic carbocycles. The molecule has 2 aliphatic rings. The molecular weight excluding hydrogens is 296 g/mol. The highest BCUT2D eigenvalue weighted by atomic mass is 32.2. The second-order valence-corrected chi connectivity index (χ2v) is 7.71. The number of hydrogen-bond donors (Lipinski definition) is 2. The number of nitrogens with one attached hydrogen (secondary N) is 2. The molecule has 8 heteroatoms. The standard InChI is InChI=1S/C13H22N2O5S/c16-12(15-11-5-1-2-6-14-13(11)17)9-21(18,19)8-10-4-3-7-20-10/h10-11H,1-9H2,(H,14,17)(H,15,16)/t10-,11-/m1/s1. The van der Waals surface area contributed by atoms with Gasteiger partial charge in [0.05, 0.1) is 11.9 Å². The van der Waals surface area contributed by atoms with Gasteiger partial charge in [0.25, 0.3) is 0 Å². The number of ether oxygens (including phenoxy) is 1. The molecule has 2 saturated heterocycles. The van der Waals surface area contributed by atoms with Gasteiger partial charge in [0.15, 0.2) is 9.84 Å². The number of rotatable bonds is 5. The molecule has 120 valence electrons. The SMILES string of the molecule is O=C(CS(=O)(=O)C[C@H]1CCCO1)N[C@@H]1CCCCNC1=O. The van der Waals surface area contributed by atoms with E-state index in [1.54, 1.807) is 0 Å². The zero-order chi connectivity index (χ0) is 15.3. The highest BCUT2D eigenvalue weighted by molar-refractivity contribution is 7.92. The molecule has 2 heterocycles. The van der Waals surface area contributed by atoms with E-state index >= 15 is 0 Å². The van der Waals surface area contributed by atoms with E-state index in [1.807, 2.05) is 0 Å². The second kappa shape index (κ2) is 7.22. The summed E-state index contributed by atoms with van der Waals surface area (Å²) in [5.74, 6) is -1.57. The van der Waals surface area contributed by atoms with Crippen LogP contribution in [-0.2, 0) is 24.2 Å². The summed E-state index contributed by atoms with van der Waals surface area (Å²) < 4.78 is 29.2. The maximum Gasteiger partial charge on any atom is 0.242 e. The molecule has 2 rings (SSSR count). The zero-order valence-electron chi connectivity index (χ0n) is 12.0. The molecule has 2 aliphatic heterocycles. The van der Waals surface area contributed by atoms with Gasteiger partial charge in [-0.2, -0.15) is 0 Å². The van der Waals surface area contributed by atoms with E-state index in [9.17, 15) is 18.0 Å². The van der Waals surface area contributed by atoms with Gasteiger partial charge in [-0.05, 0) is 32.1 Å². The molecular formula is C13H22N2O5S. The van der Waals surface area contributed by atoms with E-state index in [0.29, 0.717) is 26.0 Å². The molecule has 0 radical (unpaired) electrons. The lowest BCUT2D eigenvalue weighted by Crippen LogP contribution is -2.47. The molecule has 7 nitrogen and oxygen atoms in total. The average molecular weight is 318 g/mol. The molecule has 21 heavy (non-hydrogen) atoms. The summed E-state index contributed by atoms with van der Waals surface area (Å²) in [4.78, 5) is 23.5. The molecule has 0 aromatic heterocycles. The predicted molar refractivity (Wildman–Crippen MR) is 76.4 cm³/mol. The van der Waals surface area contributed by atoms with Crippen molar-refractivity contribution in [2.45, 2.75) is 44.2 Å². The van der Waals surface area contributed by atoms with E-state index in [0.717, 1.165) is 19.3 Å². The van der Waals surface area contributed by atoms with Crippen molar-refractivity contribution in [3.63, 3.8) is 0 Å². The first-order valence-corrected chi connectivity index (χ1v) is 9.17. The molecule has 0 aromatic carbocycles. The maximum atomic E-state index is 11.9. The fraction of sp³-hybridized carbons (Fsp3) is 0.846. The first kappa shape index (κ1) is 16.2. The van der Waals surface area contributed by atoms with Crippen LogP contribution in [0.4, 0.5) is 0 Å². The normalized spacial score (nSPS) is 27.0. The molecule has 0 aromatic rings. The van der Waals surface area contributed by atoms with Crippen LogP contribution in [0, 0.1) is 0 Å². The van der Waals surface area contributed by atoms with Gasteiger partial charge in [-0.1, -0.05) is 0 Å². The lowest BCUT2D eigenvalue weighted by Gasteiger charge is -2.16. The third-order valence-electron chi connectivity index (χ3n) is 3.69. The number of hydrogen-bond acceptors (Lipinski definition) is 5. The van der Waals surface area contributed by atoms with Gasteiger partial charge in [-0.3, -0.25) is 9.59 Å². The average Bonchev–Trinajstić information content (AvgIpc) is 2.79. The van der Waals surface area contributed by atoms with Crippen LogP contribution in [0.1, 0.15) is 32.1 Å². The monoisotopic (exact) mass is 318 g/mol. The summed E-state index contributed by atoms with van der Waals surface area (Å²) >= 11 is 0. The third-order valence-corrected chi connectivity index (χ3v) is 5.27. The maximum absolute atomic E-state index is 11.9. The largest absolute Gasteiger partial charge is 0.377 e. The van der Waals surface area contributed by atoms with Crippen molar-refractivity contribution in [1.82, 2.24) is 10.6 Å². The van der Waals surface area contributed by atoms with Crippen LogP contribution in [0.15, 0.2) is 0 Å². The molecule has 2 atom stereocenters. The fourth-order valence-electron chi connectivity index (χ4n) is 2.63. The third kappa shape index (κ3) is 5.28. The topological polar surface area (TPSA) is 102 Å². The van der Waals surface area contributed by atoms with Crippen LogP contribution in [0.25, 0.3) is 0 Å². The summed E-state index contributed by atoms with van der Waals surface area (Å²) in [5.41, 5.74) is 0. The quantitative estimate of drug-likeness (QED) is 0.702. The van der Waals surface area contributed by atoms with Crippen molar-refractivity contribution in [1.29, 1.82) is 0 Å².